The van der Waals surface area contributed by atoms with Crippen LogP contribution in [0.3, 0.4) is 0 Å². The maximum Gasteiger partial charge on any atom is 0.239 e. The highest BCUT2D eigenvalue weighted by Gasteiger charge is 2.32. The SMILES string of the molecule is CC(C(=O)N1CCNC(=O)C(Cc2ccccc2-c2ccncc2)C1)N1CCCCC1. The van der Waals surface area contributed by atoms with E-state index in [0.29, 0.717) is 26.1 Å². The Hall–Kier alpha value is -2.73. The number of likely N-dealkylation sites (tertiary alicyclic amines) is 1. The molecule has 164 valence electrons. The number of nitrogens with zero attached hydrogens (tertiary/aromatic N) is 3. The zero-order chi connectivity index (χ0) is 21.6. The van der Waals surface area contributed by atoms with Crippen LogP contribution < -0.4 is 5.32 Å². The molecule has 0 bridgehead atoms. The molecule has 1 aromatic carbocycles. The van der Waals surface area contributed by atoms with Gasteiger partial charge in [0.15, 0.2) is 0 Å². The fourth-order valence-electron chi connectivity index (χ4n) is 4.76. The van der Waals surface area contributed by atoms with Crippen LogP contribution in [0.25, 0.3) is 11.1 Å². The van der Waals surface area contributed by atoms with Gasteiger partial charge in [0.05, 0.1) is 12.0 Å². The lowest BCUT2D eigenvalue weighted by atomic mass is 9.91. The minimum Gasteiger partial charge on any atom is -0.354 e. The van der Waals surface area contributed by atoms with Crippen LogP contribution in [0.5, 0.6) is 0 Å². The van der Waals surface area contributed by atoms with E-state index >= 15 is 0 Å². The highest BCUT2D eigenvalue weighted by atomic mass is 16.2. The molecule has 0 saturated carbocycles. The maximum absolute atomic E-state index is 13.3. The summed E-state index contributed by atoms with van der Waals surface area (Å²) >= 11 is 0. The summed E-state index contributed by atoms with van der Waals surface area (Å²) in [6.45, 7) is 5.54. The van der Waals surface area contributed by atoms with Gasteiger partial charge < -0.3 is 10.2 Å². The third-order valence-corrected chi connectivity index (χ3v) is 6.57. The van der Waals surface area contributed by atoms with E-state index in [2.05, 4.69) is 27.3 Å². The zero-order valence-corrected chi connectivity index (χ0v) is 18.3. The van der Waals surface area contributed by atoms with Crippen molar-refractivity contribution in [3.8, 4) is 11.1 Å². The largest absolute Gasteiger partial charge is 0.354 e. The maximum atomic E-state index is 13.3. The molecule has 0 spiro atoms. The van der Waals surface area contributed by atoms with E-state index in [0.717, 1.165) is 42.6 Å². The Balaban J connectivity index is 1.50. The molecular formula is C25H32N4O2. The van der Waals surface area contributed by atoms with Crippen molar-refractivity contribution in [2.75, 3.05) is 32.7 Å². The quantitative estimate of drug-likeness (QED) is 0.808. The monoisotopic (exact) mass is 420 g/mol. The van der Waals surface area contributed by atoms with E-state index in [9.17, 15) is 9.59 Å². The zero-order valence-electron chi connectivity index (χ0n) is 18.3. The molecule has 2 amide bonds. The number of carbonyl (C=O) groups excluding carboxylic acids is 2. The standard InChI is InChI=1S/C25H32N4O2/c1-19(28-14-5-2-6-15-28)25(31)29-16-13-27-24(30)22(18-29)17-21-7-3-4-8-23(21)20-9-11-26-12-10-20/h3-4,7-12,19,22H,2,5-6,13-18H2,1H3,(H,27,30). The fourth-order valence-corrected chi connectivity index (χ4v) is 4.76. The minimum atomic E-state index is -0.261. The van der Waals surface area contributed by atoms with E-state index < -0.39 is 0 Å². The van der Waals surface area contributed by atoms with Crippen molar-refractivity contribution in [1.29, 1.82) is 0 Å². The lowest BCUT2D eigenvalue weighted by molar-refractivity contribution is -0.137. The normalized spacial score (nSPS) is 21.3. The molecule has 1 N–H and O–H groups in total. The van der Waals surface area contributed by atoms with Crippen LogP contribution in [0.2, 0.25) is 0 Å². The molecular weight excluding hydrogens is 388 g/mol. The Bertz CT molecular complexity index is 895. The number of nitrogens with one attached hydrogen (secondary N) is 1. The number of piperidine rings is 1. The molecule has 6 heteroatoms. The third kappa shape index (κ3) is 5.13. The number of hydrogen-bond donors (Lipinski definition) is 1. The van der Waals surface area contributed by atoms with Crippen molar-refractivity contribution < 1.29 is 9.59 Å². The number of pyridine rings is 1. The summed E-state index contributed by atoms with van der Waals surface area (Å²) < 4.78 is 0. The summed E-state index contributed by atoms with van der Waals surface area (Å²) in [6, 6.07) is 12.0. The van der Waals surface area contributed by atoms with Gasteiger partial charge in [-0.1, -0.05) is 30.7 Å². The lowest BCUT2D eigenvalue weighted by Crippen LogP contribution is -2.50. The predicted octanol–water partition coefficient (Wildman–Crippen LogP) is 2.74. The first-order valence-corrected chi connectivity index (χ1v) is 11.4. The predicted molar refractivity (Wildman–Crippen MR) is 121 cm³/mol. The van der Waals surface area contributed by atoms with Gasteiger partial charge in [-0.3, -0.25) is 19.5 Å². The topological polar surface area (TPSA) is 65.5 Å². The second-order valence-corrected chi connectivity index (χ2v) is 8.64. The second-order valence-electron chi connectivity index (χ2n) is 8.64. The molecule has 2 aliphatic rings. The van der Waals surface area contributed by atoms with E-state index in [4.69, 9.17) is 0 Å². The van der Waals surface area contributed by atoms with E-state index in [1.165, 1.54) is 6.42 Å². The van der Waals surface area contributed by atoms with Gasteiger partial charge in [0.1, 0.15) is 0 Å². The van der Waals surface area contributed by atoms with Crippen LogP contribution in [0.15, 0.2) is 48.8 Å². The van der Waals surface area contributed by atoms with Crippen molar-refractivity contribution in [3.63, 3.8) is 0 Å². The van der Waals surface area contributed by atoms with Crippen molar-refractivity contribution >= 4 is 11.8 Å². The van der Waals surface area contributed by atoms with Crippen molar-refractivity contribution in [3.05, 3.63) is 54.4 Å². The van der Waals surface area contributed by atoms with Crippen LogP contribution in [-0.2, 0) is 16.0 Å². The Morgan fingerprint density at radius 3 is 2.61 bits per heavy atom. The molecule has 2 fully saturated rings. The number of aromatic nitrogens is 1. The van der Waals surface area contributed by atoms with Crippen molar-refractivity contribution in [2.24, 2.45) is 5.92 Å². The Morgan fingerprint density at radius 1 is 1.10 bits per heavy atom. The molecule has 6 nitrogen and oxygen atoms in total. The van der Waals surface area contributed by atoms with Gasteiger partial charge in [-0.2, -0.15) is 0 Å². The smallest absolute Gasteiger partial charge is 0.239 e. The van der Waals surface area contributed by atoms with E-state index in [1.54, 1.807) is 12.4 Å². The molecule has 0 aliphatic carbocycles. The van der Waals surface area contributed by atoms with Gasteiger partial charge in [-0.15, -0.1) is 0 Å². The van der Waals surface area contributed by atoms with Crippen LogP contribution in [0.4, 0.5) is 0 Å². The average Bonchev–Trinajstić information content (AvgIpc) is 3.01. The Labute approximate surface area is 184 Å². The highest BCUT2D eigenvalue weighted by molar-refractivity contribution is 5.84. The van der Waals surface area contributed by atoms with Crippen LogP contribution >= 0.6 is 0 Å². The summed E-state index contributed by atoms with van der Waals surface area (Å²) in [6.07, 6.45) is 7.74. The first kappa shape index (κ1) is 21.5. The molecule has 1 aromatic heterocycles. The van der Waals surface area contributed by atoms with Crippen molar-refractivity contribution in [2.45, 2.75) is 38.6 Å². The molecule has 3 heterocycles. The van der Waals surface area contributed by atoms with Gasteiger partial charge >= 0.3 is 0 Å². The molecule has 0 radical (unpaired) electrons. The molecule has 2 aromatic rings. The Morgan fingerprint density at radius 2 is 1.84 bits per heavy atom. The first-order valence-electron chi connectivity index (χ1n) is 11.4. The molecule has 2 atom stereocenters. The van der Waals surface area contributed by atoms with Crippen LogP contribution in [0.1, 0.15) is 31.7 Å². The van der Waals surface area contributed by atoms with Crippen molar-refractivity contribution in [1.82, 2.24) is 20.1 Å². The summed E-state index contributed by atoms with van der Waals surface area (Å²) in [4.78, 5) is 34.4. The number of benzene rings is 1. The molecule has 31 heavy (non-hydrogen) atoms. The molecule has 4 rings (SSSR count). The third-order valence-electron chi connectivity index (χ3n) is 6.57. The van der Waals surface area contributed by atoms with Gasteiger partial charge in [-0.25, -0.2) is 0 Å². The average molecular weight is 421 g/mol. The molecule has 2 unspecified atom stereocenters. The van der Waals surface area contributed by atoms with Gasteiger partial charge in [-0.05, 0) is 68.1 Å². The highest BCUT2D eigenvalue weighted by Crippen LogP contribution is 2.26. The number of carbonyl (C=O) groups is 2. The van der Waals surface area contributed by atoms with Crippen LogP contribution in [-0.4, -0.2) is 65.4 Å². The van der Waals surface area contributed by atoms with Gasteiger partial charge in [0, 0.05) is 32.0 Å². The minimum absolute atomic E-state index is 0.0328. The Kier molecular flexibility index (Phi) is 6.97. The molecule has 2 saturated heterocycles. The lowest BCUT2D eigenvalue weighted by Gasteiger charge is -2.35. The fraction of sp³-hybridized carbons (Fsp3) is 0.480. The summed E-state index contributed by atoms with van der Waals surface area (Å²) in [7, 11) is 0. The van der Waals surface area contributed by atoms with Gasteiger partial charge in [0.25, 0.3) is 0 Å². The number of hydrogen-bond acceptors (Lipinski definition) is 4. The molecule has 2 aliphatic heterocycles. The van der Waals surface area contributed by atoms with E-state index in [1.807, 2.05) is 36.1 Å². The van der Waals surface area contributed by atoms with E-state index in [-0.39, 0.29) is 23.8 Å². The summed E-state index contributed by atoms with van der Waals surface area (Å²) in [5, 5.41) is 3.02. The first-order chi connectivity index (χ1) is 15.1. The number of rotatable bonds is 5. The van der Waals surface area contributed by atoms with Gasteiger partial charge in [0.2, 0.25) is 11.8 Å². The number of amides is 2. The second kappa shape index (κ2) is 10.1. The summed E-state index contributed by atoms with van der Waals surface area (Å²) in [5.74, 6) is -0.0840. The summed E-state index contributed by atoms with van der Waals surface area (Å²) in [5.41, 5.74) is 3.32. The van der Waals surface area contributed by atoms with Crippen LogP contribution in [0, 0.1) is 5.92 Å².